The van der Waals surface area contributed by atoms with E-state index in [4.69, 9.17) is 4.52 Å². The van der Waals surface area contributed by atoms with Gasteiger partial charge < -0.3 is 14.2 Å². The summed E-state index contributed by atoms with van der Waals surface area (Å²) in [6, 6.07) is 11.4. The van der Waals surface area contributed by atoms with Crippen LogP contribution >= 0.6 is 0 Å². The quantitative estimate of drug-likeness (QED) is 0.392. The molecule has 1 aromatic heterocycles. The topological polar surface area (TPSA) is 94.5 Å². The highest BCUT2D eigenvalue weighted by Crippen LogP contribution is 2.27. The number of benzene rings is 2. The lowest BCUT2D eigenvalue weighted by Gasteiger charge is -2.22. The first-order valence-corrected chi connectivity index (χ1v) is 9.33. The van der Waals surface area contributed by atoms with Crippen LogP contribution in [-0.2, 0) is 6.54 Å². The molecule has 8 nitrogen and oxygen atoms in total. The number of rotatable bonds is 6. The summed E-state index contributed by atoms with van der Waals surface area (Å²) in [6.07, 6.45) is 0.803. The third kappa shape index (κ3) is 5.12. The van der Waals surface area contributed by atoms with E-state index in [9.17, 15) is 23.3 Å². The van der Waals surface area contributed by atoms with Gasteiger partial charge >= 0.3 is 6.36 Å². The molecular weight excluding hydrogens is 429 g/mol. The summed E-state index contributed by atoms with van der Waals surface area (Å²) in [5.41, 5.74) is 2.06. The molecule has 0 fully saturated rings. The SMILES string of the molecule is O=[N+]([O-])c1ccc(CN2C=C(c3nc(-c4ccc(OC(F)(F)F)cc4)no3)C=CC2)cc1. The Morgan fingerprint density at radius 2 is 1.84 bits per heavy atom. The van der Waals surface area contributed by atoms with Crippen LogP contribution in [0.3, 0.4) is 0 Å². The number of allylic oxidation sites excluding steroid dienone is 2. The molecule has 0 unspecified atom stereocenters. The van der Waals surface area contributed by atoms with Gasteiger partial charge in [-0.3, -0.25) is 10.1 Å². The molecular formula is C21H15F3N4O4. The van der Waals surface area contributed by atoms with Crippen molar-refractivity contribution in [2.24, 2.45) is 0 Å². The third-order valence-electron chi connectivity index (χ3n) is 4.51. The Morgan fingerprint density at radius 1 is 1.12 bits per heavy atom. The van der Waals surface area contributed by atoms with Crippen molar-refractivity contribution in [2.75, 3.05) is 6.54 Å². The van der Waals surface area contributed by atoms with E-state index in [1.54, 1.807) is 12.1 Å². The molecule has 32 heavy (non-hydrogen) atoms. The molecule has 3 aromatic rings. The van der Waals surface area contributed by atoms with E-state index in [2.05, 4.69) is 14.9 Å². The van der Waals surface area contributed by atoms with Crippen molar-refractivity contribution in [1.29, 1.82) is 0 Å². The smallest absolute Gasteiger partial charge is 0.406 e. The minimum absolute atomic E-state index is 0.0277. The largest absolute Gasteiger partial charge is 0.573 e. The van der Waals surface area contributed by atoms with E-state index in [1.807, 2.05) is 23.3 Å². The second-order valence-corrected chi connectivity index (χ2v) is 6.84. The summed E-state index contributed by atoms with van der Waals surface area (Å²) in [5.74, 6) is 0.130. The van der Waals surface area contributed by atoms with Crippen LogP contribution in [0.5, 0.6) is 5.75 Å². The van der Waals surface area contributed by atoms with Crippen molar-refractivity contribution in [2.45, 2.75) is 12.9 Å². The highest BCUT2D eigenvalue weighted by atomic mass is 19.4. The van der Waals surface area contributed by atoms with Gasteiger partial charge in [-0.15, -0.1) is 13.2 Å². The second-order valence-electron chi connectivity index (χ2n) is 6.84. The highest BCUT2D eigenvalue weighted by Gasteiger charge is 2.31. The van der Waals surface area contributed by atoms with Gasteiger partial charge in [-0.25, -0.2) is 0 Å². The Bertz CT molecular complexity index is 1170. The van der Waals surface area contributed by atoms with Gasteiger partial charge in [0.15, 0.2) is 0 Å². The minimum Gasteiger partial charge on any atom is -0.406 e. The van der Waals surface area contributed by atoms with Gasteiger partial charge in [-0.1, -0.05) is 29.4 Å². The summed E-state index contributed by atoms with van der Waals surface area (Å²) in [7, 11) is 0. The number of nitro benzene ring substituents is 1. The summed E-state index contributed by atoms with van der Waals surface area (Å²) in [5, 5.41) is 14.7. The van der Waals surface area contributed by atoms with Gasteiger partial charge in [-0.2, -0.15) is 4.98 Å². The summed E-state index contributed by atoms with van der Waals surface area (Å²) in [6.45, 7) is 1.15. The van der Waals surface area contributed by atoms with Crippen molar-refractivity contribution in [3.63, 3.8) is 0 Å². The maximum atomic E-state index is 12.3. The molecule has 0 radical (unpaired) electrons. The monoisotopic (exact) mass is 444 g/mol. The standard InChI is InChI=1S/C21H15F3N4O4/c22-21(23,24)31-18-9-5-15(6-10-18)19-25-20(32-26-19)16-2-1-11-27(13-16)12-14-3-7-17(8-4-14)28(29)30/h1-10,13H,11-12H2. The normalized spacial score (nSPS) is 13.7. The van der Waals surface area contributed by atoms with Crippen molar-refractivity contribution in [1.82, 2.24) is 15.0 Å². The first kappa shape index (κ1) is 21.1. The third-order valence-corrected chi connectivity index (χ3v) is 4.51. The molecule has 1 aliphatic rings. The molecule has 2 heterocycles. The predicted octanol–water partition coefficient (Wildman–Crippen LogP) is 4.96. The number of hydrogen-bond donors (Lipinski definition) is 0. The van der Waals surface area contributed by atoms with Crippen LogP contribution in [0.4, 0.5) is 18.9 Å². The van der Waals surface area contributed by atoms with Crippen LogP contribution < -0.4 is 4.74 Å². The Hall–Kier alpha value is -4.15. The summed E-state index contributed by atoms with van der Waals surface area (Å²) >= 11 is 0. The fraction of sp³-hybridized carbons (Fsp3) is 0.143. The molecule has 1 aliphatic heterocycles. The van der Waals surface area contributed by atoms with E-state index in [1.165, 1.54) is 36.4 Å². The van der Waals surface area contributed by atoms with Crippen molar-refractivity contribution < 1.29 is 27.4 Å². The Balaban J connectivity index is 1.46. The molecule has 0 spiro atoms. The second kappa shape index (κ2) is 8.53. The molecule has 11 heteroatoms. The molecule has 0 bridgehead atoms. The zero-order chi connectivity index (χ0) is 22.7. The van der Waals surface area contributed by atoms with Crippen LogP contribution in [0.25, 0.3) is 17.0 Å². The van der Waals surface area contributed by atoms with Gasteiger partial charge in [0, 0.05) is 37.0 Å². The predicted molar refractivity (Wildman–Crippen MR) is 107 cm³/mol. The number of ether oxygens (including phenoxy) is 1. The molecule has 0 amide bonds. The number of nitrogens with zero attached hydrogens (tertiary/aromatic N) is 4. The maximum absolute atomic E-state index is 12.3. The van der Waals surface area contributed by atoms with Crippen molar-refractivity contribution in [3.8, 4) is 17.1 Å². The number of aromatic nitrogens is 2. The molecule has 0 atom stereocenters. The van der Waals surface area contributed by atoms with Gasteiger partial charge in [0.05, 0.1) is 10.5 Å². The van der Waals surface area contributed by atoms with Crippen LogP contribution in [0.2, 0.25) is 0 Å². The molecule has 2 aromatic carbocycles. The average Bonchev–Trinajstić information content (AvgIpc) is 3.24. The van der Waals surface area contributed by atoms with Crippen LogP contribution in [0.1, 0.15) is 11.5 Å². The highest BCUT2D eigenvalue weighted by molar-refractivity contribution is 5.70. The minimum atomic E-state index is -4.76. The first-order valence-electron chi connectivity index (χ1n) is 9.33. The van der Waals surface area contributed by atoms with Gasteiger partial charge in [-0.05, 0) is 29.8 Å². The first-order chi connectivity index (χ1) is 15.3. The Kier molecular flexibility index (Phi) is 5.63. The zero-order valence-electron chi connectivity index (χ0n) is 16.3. The number of nitro groups is 1. The molecule has 0 saturated heterocycles. The van der Waals surface area contributed by atoms with Crippen LogP contribution in [0.15, 0.2) is 71.4 Å². The van der Waals surface area contributed by atoms with Crippen LogP contribution in [-0.4, -0.2) is 32.9 Å². The number of non-ortho nitro benzene ring substituents is 1. The summed E-state index contributed by atoms with van der Waals surface area (Å²) < 4.78 is 46.0. The fourth-order valence-electron chi connectivity index (χ4n) is 3.07. The Morgan fingerprint density at radius 3 is 2.50 bits per heavy atom. The van der Waals surface area contributed by atoms with Crippen LogP contribution in [0, 0.1) is 10.1 Å². The average molecular weight is 444 g/mol. The lowest BCUT2D eigenvalue weighted by Crippen LogP contribution is -2.19. The fourth-order valence-corrected chi connectivity index (χ4v) is 3.07. The van der Waals surface area contributed by atoms with Gasteiger partial charge in [0.1, 0.15) is 5.75 Å². The molecule has 0 aliphatic carbocycles. The van der Waals surface area contributed by atoms with Crippen molar-refractivity contribution in [3.05, 3.63) is 88.5 Å². The molecule has 0 saturated carbocycles. The van der Waals surface area contributed by atoms with Crippen molar-refractivity contribution >= 4 is 11.3 Å². The number of alkyl halides is 3. The molecule has 164 valence electrons. The molecule has 0 N–H and O–H groups in total. The van der Waals surface area contributed by atoms with E-state index in [-0.39, 0.29) is 23.2 Å². The summed E-state index contributed by atoms with van der Waals surface area (Å²) in [4.78, 5) is 16.6. The van der Waals surface area contributed by atoms with Gasteiger partial charge in [0.2, 0.25) is 5.82 Å². The number of halogens is 3. The lowest BCUT2D eigenvalue weighted by atomic mass is 10.1. The zero-order valence-corrected chi connectivity index (χ0v) is 16.3. The maximum Gasteiger partial charge on any atom is 0.573 e. The Labute approximate surface area is 179 Å². The lowest BCUT2D eigenvalue weighted by molar-refractivity contribution is -0.384. The van der Waals surface area contributed by atoms with Gasteiger partial charge in [0.25, 0.3) is 11.6 Å². The van der Waals surface area contributed by atoms with E-state index < -0.39 is 11.3 Å². The number of hydrogen-bond acceptors (Lipinski definition) is 7. The molecule has 4 rings (SSSR count). The van der Waals surface area contributed by atoms with E-state index >= 15 is 0 Å². The van der Waals surface area contributed by atoms with E-state index in [0.29, 0.717) is 24.2 Å². The van der Waals surface area contributed by atoms with E-state index in [0.717, 1.165) is 5.56 Å².